The van der Waals surface area contributed by atoms with Gasteiger partial charge in [0, 0.05) is 6.92 Å². The van der Waals surface area contributed by atoms with Crippen molar-refractivity contribution >= 4 is 12.3 Å². The SMILES string of the molecule is CC(=O)O.CC(C=O)(Cc1ccccc1)c1ccccc1. The number of carbonyl (C=O) groups excluding carboxylic acids is 1. The molecule has 2 rings (SSSR count). The summed E-state index contributed by atoms with van der Waals surface area (Å²) in [5.41, 5.74) is 1.81. The molecular formula is C18H20O3. The van der Waals surface area contributed by atoms with Crippen molar-refractivity contribution in [3.63, 3.8) is 0 Å². The fourth-order valence-electron chi connectivity index (χ4n) is 2.05. The maximum Gasteiger partial charge on any atom is 0.300 e. The molecule has 110 valence electrons. The van der Waals surface area contributed by atoms with Crippen LogP contribution < -0.4 is 0 Å². The number of carbonyl (C=O) groups is 2. The average molecular weight is 284 g/mol. The summed E-state index contributed by atoms with van der Waals surface area (Å²) in [6, 6.07) is 20.1. The summed E-state index contributed by atoms with van der Waals surface area (Å²) in [4.78, 5) is 20.4. The first-order valence-electron chi connectivity index (χ1n) is 6.73. The first-order chi connectivity index (χ1) is 9.98. The molecule has 21 heavy (non-hydrogen) atoms. The number of aldehydes is 1. The molecule has 0 spiro atoms. The van der Waals surface area contributed by atoms with Crippen molar-refractivity contribution in [2.75, 3.05) is 0 Å². The van der Waals surface area contributed by atoms with E-state index >= 15 is 0 Å². The molecule has 0 saturated heterocycles. The molecule has 0 aliphatic heterocycles. The van der Waals surface area contributed by atoms with Gasteiger partial charge in [-0.15, -0.1) is 0 Å². The number of hydrogen-bond acceptors (Lipinski definition) is 2. The van der Waals surface area contributed by atoms with Gasteiger partial charge in [0.25, 0.3) is 5.97 Å². The molecule has 3 heteroatoms. The zero-order chi connectivity index (χ0) is 15.7. The van der Waals surface area contributed by atoms with Gasteiger partial charge in [-0.3, -0.25) is 4.79 Å². The van der Waals surface area contributed by atoms with E-state index < -0.39 is 11.4 Å². The van der Waals surface area contributed by atoms with Crippen LogP contribution in [0.3, 0.4) is 0 Å². The van der Waals surface area contributed by atoms with Crippen molar-refractivity contribution in [3.05, 3.63) is 71.8 Å². The van der Waals surface area contributed by atoms with Crippen molar-refractivity contribution in [2.45, 2.75) is 25.7 Å². The number of carboxylic acids is 1. The normalized spacial score (nSPS) is 12.5. The standard InChI is InChI=1S/C16H16O.C2H4O2/c1-16(13-17,15-10-6-3-7-11-15)12-14-8-4-2-5-9-14;1-2(3)4/h2-11,13H,12H2,1H3;1H3,(H,3,4). The van der Waals surface area contributed by atoms with Gasteiger partial charge in [-0.2, -0.15) is 0 Å². The average Bonchev–Trinajstić information content (AvgIpc) is 2.48. The summed E-state index contributed by atoms with van der Waals surface area (Å²) in [6.45, 7) is 3.07. The van der Waals surface area contributed by atoms with Crippen molar-refractivity contribution in [1.82, 2.24) is 0 Å². The van der Waals surface area contributed by atoms with Gasteiger partial charge in [-0.1, -0.05) is 60.7 Å². The largest absolute Gasteiger partial charge is 0.481 e. The topological polar surface area (TPSA) is 54.4 Å². The van der Waals surface area contributed by atoms with Gasteiger partial charge in [0.1, 0.15) is 6.29 Å². The molecule has 0 aliphatic rings. The van der Waals surface area contributed by atoms with Gasteiger partial charge < -0.3 is 9.90 Å². The molecule has 0 bridgehead atoms. The highest BCUT2D eigenvalue weighted by molar-refractivity contribution is 5.68. The van der Waals surface area contributed by atoms with Crippen LogP contribution in [0.15, 0.2) is 60.7 Å². The van der Waals surface area contributed by atoms with E-state index in [2.05, 4.69) is 12.1 Å². The molecule has 0 saturated carbocycles. The number of rotatable bonds is 4. The molecule has 0 aliphatic carbocycles. The molecule has 1 atom stereocenters. The predicted molar refractivity (Wildman–Crippen MR) is 83.3 cm³/mol. The Morgan fingerprint density at radius 2 is 1.48 bits per heavy atom. The zero-order valence-corrected chi connectivity index (χ0v) is 12.3. The lowest BCUT2D eigenvalue weighted by atomic mass is 9.79. The smallest absolute Gasteiger partial charge is 0.300 e. The van der Waals surface area contributed by atoms with Crippen LogP contribution in [0.25, 0.3) is 0 Å². The molecule has 2 aromatic carbocycles. The highest BCUT2D eigenvalue weighted by Gasteiger charge is 2.26. The maximum absolute atomic E-state index is 11.4. The molecule has 0 fully saturated rings. The molecule has 2 aromatic rings. The minimum Gasteiger partial charge on any atom is -0.481 e. The number of aliphatic carboxylic acids is 1. The van der Waals surface area contributed by atoms with E-state index in [4.69, 9.17) is 9.90 Å². The lowest BCUT2D eigenvalue weighted by Crippen LogP contribution is -2.26. The van der Waals surface area contributed by atoms with Crippen LogP contribution in [0.2, 0.25) is 0 Å². The zero-order valence-electron chi connectivity index (χ0n) is 12.3. The Labute approximate surface area is 125 Å². The summed E-state index contributed by atoms with van der Waals surface area (Å²) < 4.78 is 0. The third-order valence-corrected chi connectivity index (χ3v) is 3.11. The Balaban J connectivity index is 0.000000491. The Morgan fingerprint density at radius 1 is 1.05 bits per heavy atom. The third-order valence-electron chi connectivity index (χ3n) is 3.11. The Morgan fingerprint density at radius 3 is 1.90 bits per heavy atom. The van der Waals surface area contributed by atoms with Crippen molar-refractivity contribution < 1.29 is 14.7 Å². The fourth-order valence-corrected chi connectivity index (χ4v) is 2.05. The van der Waals surface area contributed by atoms with E-state index in [1.54, 1.807) is 0 Å². The van der Waals surface area contributed by atoms with Gasteiger partial charge in [0.05, 0.1) is 5.41 Å². The van der Waals surface area contributed by atoms with E-state index in [1.807, 2.05) is 55.5 Å². The van der Waals surface area contributed by atoms with E-state index in [-0.39, 0.29) is 0 Å². The second-order valence-corrected chi connectivity index (χ2v) is 5.08. The first kappa shape index (κ1) is 16.6. The van der Waals surface area contributed by atoms with Gasteiger partial charge in [0.2, 0.25) is 0 Å². The van der Waals surface area contributed by atoms with Crippen LogP contribution in [0.1, 0.15) is 25.0 Å². The summed E-state index contributed by atoms with van der Waals surface area (Å²) in [7, 11) is 0. The molecule has 0 heterocycles. The monoisotopic (exact) mass is 284 g/mol. The minimum atomic E-state index is -0.833. The van der Waals surface area contributed by atoms with E-state index in [1.165, 1.54) is 5.56 Å². The summed E-state index contributed by atoms with van der Waals surface area (Å²) in [5, 5.41) is 7.42. The van der Waals surface area contributed by atoms with Gasteiger partial charge in [-0.25, -0.2) is 0 Å². The fraction of sp³-hybridized carbons (Fsp3) is 0.222. The lowest BCUT2D eigenvalue weighted by molar-refractivity contribution is -0.134. The molecule has 0 radical (unpaired) electrons. The molecule has 0 amide bonds. The first-order valence-corrected chi connectivity index (χ1v) is 6.73. The highest BCUT2D eigenvalue weighted by Crippen LogP contribution is 2.25. The van der Waals surface area contributed by atoms with E-state index in [0.717, 1.165) is 25.2 Å². The predicted octanol–water partition coefficient (Wildman–Crippen LogP) is 3.48. The summed E-state index contributed by atoms with van der Waals surface area (Å²) in [5.74, 6) is -0.833. The Hall–Kier alpha value is -2.42. The quantitative estimate of drug-likeness (QED) is 0.875. The van der Waals surface area contributed by atoms with Crippen LogP contribution in [-0.4, -0.2) is 17.4 Å². The number of hydrogen-bond donors (Lipinski definition) is 1. The summed E-state index contributed by atoms with van der Waals surface area (Å²) in [6.07, 6.45) is 1.79. The Bertz CT molecular complexity index is 560. The Kier molecular flexibility index (Phi) is 6.34. The highest BCUT2D eigenvalue weighted by atomic mass is 16.4. The second kappa shape index (κ2) is 8.00. The molecular weight excluding hydrogens is 264 g/mol. The van der Waals surface area contributed by atoms with Gasteiger partial charge in [0.15, 0.2) is 0 Å². The molecule has 1 unspecified atom stereocenters. The summed E-state index contributed by atoms with van der Waals surface area (Å²) >= 11 is 0. The van der Waals surface area contributed by atoms with Crippen LogP contribution in [-0.2, 0) is 21.4 Å². The van der Waals surface area contributed by atoms with Crippen LogP contribution >= 0.6 is 0 Å². The van der Waals surface area contributed by atoms with Gasteiger partial charge >= 0.3 is 0 Å². The van der Waals surface area contributed by atoms with Crippen molar-refractivity contribution in [1.29, 1.82) is 0 Å². The minimum absolute atomic E-state index is 0.442. The van der Waals surface area contributed by atoms with Crippen LogP contribution in [0.5, 0.6) is 0 Å². The number of carboxylic acid groups (broad SMARTS) is 1. The molecule has 3 nitrogen and oxygen atoms in total. The third kappa shape index (κ3) is 5.61. The van der Waals surface area contributed by atoms with E-state index in [0.29, 0.717) is 0 Å². The maximum atomic E-state index is 11.4. The van der Waals surface area contributed by atoms with Crippen molar-refractivity contribution in [3.8, 4) is 0 Å². The molecule has 1 N–H and O–H groups in total. The lowest BCUT2D eigenvalue weighted by Gasteiger charge is -2.23. The van der Waals surface area contributed by atoms with Crippen LogP contribution in [0, 0.1) is 0 Å². The van der Waals surface area contributed by atoms with E-state index in [9.17, 15) is 4.79 Å². The number of benzene rings is 2. The van der Waals surface area contributed by atoms with Gasteiger partial charge in [-0.05, 0) is 24.5 Å². The van der Waals surface area contributed by atoms with Crippen molar-refractivity contribution in [2.24, 2.45) is 0 Å². The second-order valence-electron chi connectivity index (χ2n) is 5.08. The molecule has 0 aromatic heterocycles. The van der Waals surface area contributed by atoms with Crippen LogP contribution in [0.4, 0.5) is 0 Å².